The average molecular weight is 434 g/mol. The summed E-state index contributed by atoms with van der Waals surface area (Å²) in [5.74, 6) is -0.827. The molecule has 1 aliphatic rings. The number of rotatable bonds is 6. The van der Waals surface area contributed by atoms with E-state index in [1.54, 1.807) is 13.0 Å². The number of nitro benzene ring substituents is 1. The molecule has 0 saturated carbocycles. The highest BCUT2D eigenvalue weighted by atomic mass is 32.2. The van der Waals surface area contributed by atoms with Gasteiger partial charge in [-0.3, -0.25) is 19.7 Å². The van der Waals surface area contributed by atoms with Gasteiger partial charge in [-0.15, -0.1) is 0 Å². The molecule has 1 aliphatic heterocycles. The van der Waals surface area contributed by atoms with Crippen molar-refractivity contribution >= 4 is 21.4 Å². The molecular weight excluding hydrogens is 412 g/mol. The molecule has 10 nitrogen and oxygen atoms in total. The molecule has 30 heavy (non-hydrogen) atoms. The minimum Gasteiger partial charge on any atom is -0.333 e. The van der Waals surface area contributed by atoms with Gasteiger partial charge in [-0.1, -0.05) is 19.1 Å². The van der Waals surface area contributed by atoms with Crippen molar-refractivity contribution in [2.75, 3.05) is 18.1 Å². The highest BCUT2D eigenvalue weighted by Gasteiger charge is 2.36. The number of hydrogen-bond acceptors (Lipinski definition) is 7. The number of nitro groups is 1. The Balaban J connectivity index is 2.08. The van der Waals surface area contributed by atoms with E-state index in [0.717, 1.165) is 0 Å². The molecule has 1 atom stereocenters. The molecule has 1 saturated heterocycles. The number of benzene rings is 1. The van der Waals surface area contributed by atoms with E-state index in [-0.39, 0.29) is 29.4 Å². The highest BCUT2D eigenvalue weighted by molar-refractivity contribution is 7.91. The molecule has 0 aliphatic carbocycles. The molecule has 1 aromatic heterocycles. The minimum absolute atomic E-state index is 0.00701. The molecule has 3 rings (SSSR count). The number of para-hydroxylation sites is 2. The van der Waals surface area contributed by atoms with E-state index in [0.29, 0.717) is 18.5 Å². The third-order valence-electron chi connectivity index (χ3n) is 4.99. The Labute approximate surface area is 173 Å². The standard InChI is InChI=1S/C19H22N4O6S/c1-3-9-21(14-8-10-30(28,29)12-14)19(25)18-17(24)11-13(2)22(20-18)15-6-4-5-7-16(15)23(26)27/h4-7,11,14H,3,8-10,12H2,1-2H3. The fourth-order valence-corrected chi connectivity index (χ4v) is 5.32. The first-order valence-electron chi connectivity index (χ1n) is 9.50. The van der Waals surface area contributed by atoms with E-state index in [2.05, 4.69) is 5.10 Å². The monoisotopic (exact) mass is 434 g/mol. The average Bonchev–Trinajstić information content (AvgIpc) is 3.05. The number of amides is 1. The second-order valence-corrected chi connectivity index (χ2v) is 9.44. The third-order valence-corrected chi connectivity index (χ3v) is 6.74. The quantitative estimate of drug-likeness (QED) is 0.497. The van der Waals surface area contributed by atoms with Crippen molar-refractivity contribution in [3.63, 3.8) is 0 Å². The molecule has 2 heterocycles. The summed E-state index contributed by atoms with van der Waals surface area (Å²) in [7, 11) is -3.23. The SMILES string of the molecule is CCCN(C(=O)c1nn(-c2ccccc2[N+](=O)[O-])c(C)cc1=O)C1CCS(=O)(=O)C1. The lowest BCUT2D eigenvalue weighted by atomic mass is 10.2. The maximum absolute atomic E-state index is 13.2. The molecule has 0 spiro atoms. The highest BCUT2D eigenvalue weighted by Crippen LogP contribution is 2.23. The van der Waals surface area contributed by atoms with Gasteiger partial charge in [-0.05, 0) is 25.8 Å². The molecule has 1 amide bonds. The van der Waals surface area contributed by atoms with Crippen LogP contribution in [0.25, 0.3) is 5.69 Å². The smallest absolute Gasteiger partial charge is 0.294 e. The predicted octanol–water partition coefficient (Wildman–Crippen LogP) is 1.49. The van der Waals surface area contributed by atoms with Crippen LogP contribution in [0.3, 0.4) is 0 Å². The maximum Gasteiger partial charge on any atom is 0.294 e. The van der Waals surface area contributed by atoms with Crippen LogP contribution in [0.15, 0.2) is 35.1 Å². The molecule has 11 heteroatoms. The van der Waals surface area contributed by atoms with E-state index in [1.807, 2.05) is 6.92 Å². The van der Waals surface area contributed by atoms with Crippen LogP contribution < -0.4 is 5.43 Å². The molecule has 160 valence electrons. The number of hydrogen-bond donors (Lipinski definition) is 0. The molecule has 1 aromatic carbocycles. The molecule has 2 aromatic rings. The van der Waals surface area contributed by atoms with Crippen LogP contribution in [0.4, 0.5) is 5.69 Å². The fourth-order valence-electron chi connectivity index (χ4n) is 3.59. The first-order valence-corrected chi connectivity index (χ1v) is 11.3. The van der Waals surface area contributed by atoms with E-state index in [1.165, 1.54) is 33.8 Å². The second-order valence-electron chi connectivity index (χ2n) is 7.21. The predicted molar refractivity (Wildman–Crippen MR) is 110 cm³/mol. The Morgan fingerprint density at radius 2 is 2.07 bits per heavy atom. The van der Waals surface area contributed by atoms with Crippen molar-refractivity contribution in [3.8, 4) is 5.69 Å². The summed E-state index contributed by atoms with van der Waals surface area (Å²) in [5.41, 5.74) is -0.774. The summed E-state index contributed by atoms with van der Waals surface area (Å²) < 4.78 is 25.0. The van der Waals surface area contributed by atoms with Gasteiger partial charge in [-0.25, -0.2) is 13.1 Å². The maximum atomic E-state index is 13.2. The molecule has 1 unspecified atom stereocenters. The molecular formula is C19H22N4O6S. The zero-order chi connectivity index (χ0) is 22.1. The summed E-state index contributed by atoms with van der Waals surface area (Å²) >= 11 is 0. The summed E-state index contributed by atoms with van der Waals surface area (Å²) in [6, 6.07) is 6.56. The normalized spacial score (nSPS) is 17.6. The number of nitrogens with zero attached hydrogens (tertiary/aromatic N) is 4. The van der Waals surface area contributed by atoms with Crippen LogP contribution in [0.5, 0.6) is 0 Å². The number of aromatic nitrogens is 2. The van der Waals surface area contributed by atoms with E-state index in [9.17, 15) is 28.1 Å². The first kappa shape index (κ1) is 21.6. The zero-order valence-corrected chi connectivity index (χ0v) is 17.5. The van der Waals surface area contributed by atoms with Crippen LogP contribution in [0, 0.1) is 17.0 Å². The van der Waals surface area contributed by atoms with Gasteiger partial charge in [0.25, 0.3) is 11.6 Å². The summed E-state index contributed by atoms with van der Waals surface area (Å²) in [6.07, 6.45) is 0.880. The van der Waals surface area contributed by atoms with E-state index >= 15 is 0 Å². The van der Waals surface area contributed by atoms with Gasteiger partial charge in [0, 0.05) is 30.4 Å². The van der Waals surface area contributed by atoms with Crippen LogP contribution >= 0.6 is 0 Å². The summed E-state index contributed by atoms with van der Waals surface area (Å²) in [6.45, 7) is 3.68. The number of aryl methyl sites for hydroxylation is 1. The number of carbonyl (C=O) groups is 1. The molecule has 0 N–H and O–H groups in total. The van der Waals surface area contributed by atoms with Crippen molar-refractivity contribution in [3.05, 3.63) is 62.1 Å². The molecule has 0 radical (unpaired) electrons. The minimum atomic E-state index is -3.23. The zero-order valence-electron chi connectivity index (χ0n) is 16.6. The molecule has 1 fully saturated rings. The Morgan fingerprint density at radius 1 is 1.37 bits per heavy atom. The largest absolute Gasteiger partial charge is 0.333 e. The van der Waals surface area contributed by atoms with Crippen molar-refractivity contribution in [1.82, 2.24) is 14.7 Å². The fraction of sp³-hybridized carbons (Fsp3) is 0.421. The lowest BCUT2D eigenvalue weighted by Crippen LogP contribution is -2.44. The van der Waals surface area contributed by atoms with Crippen molar-refractivity contribution in [2.45, 2.75) is 32.7 Å². The molecule has 0 bridgehead atoms. The Kier molecular flexibility index (Phi) is 6.01. The number of sulfone groups is 1. The van der Waals surface area contributed by atoms with Crippen LogP contribution in [-0.4, -0.2) is 58.0 Å². The lowest BCUT2D eigenvalue weighted by molar-refractivity contribution is -0.384. The topological polar surface area (TPSA) is 132 Å². The first-order chi connectivity index (χ1) is 14.1. The van der Waals surface area contributed by atoms with E-state index < -0.39 is 37.8 Å². The van der Waals surface area contributed by atoms with Gasteiger partial charge in [0.05, 0.1) is 16.4 Å². The van der Waals surface area contributed by atoms with Gasteiger partial charge in [-0.2, -0.15) is 5.10 Å². The van der Waals surface area contributed by atoms with Gasteiger partial charge >= 0.3 is 0 Å². The lowest BCUT2D eigenvalue weighted by Gasteiger charge is -2.27. The van der Waals surface area contributed by atoms with Crippen LogP contribution in [0.1, 0.15) is 35.9 Å². The summed E-state index contributed by atoms with van der Waals surface area (Å²) in [5, 5.41) is 15.5. The van der Waals surface area contributed by atoms with Crippen LogP contribution in [0.2, 0.25) is 0 Å². The van der Waals surface area contributed by atoms with Gasteiger partial charge in [0.2, 0.25) is 5.43 Å². The Bertz CT molecular complexity index is 1160. The Morgan fingerprint density at radius 3 is 2.67 bits per heavy atom. The summed E-state index contributed by atoms with van der Waals surface area (Å²) in [4.78, 5) is 38.0. The Hall–Kier alpha value is -3.08. The third kappa shape index (κ3) is 4.25. The van der Waals surface area contributed by atoms with Gasteiger partial charge in [0.1, 0.15) is 5.69 Å². The van der Waals surface area contributed by atoms with Crippen molar-refractivity contribution < 1.29 is 18.1 Å². The van der Waals surface area contributed by atoms with Crippen molar-refractivity contribution in [2.24, 2.45) is 0 Å². The van der Waals surface area contributed by atoms with Crippen molar-refractivity contribution in [1.29, 1.82) is 0 Å². The van der Waals surface area contributed by atoms with Gasteiger partial charge in [0.15, 0.2) is 15.5 Å². The second kappa shape index (κ2) is 8.34. The van der Waals surface area contributed by atoms with E-state index in [4.69, 9.17) is 0 Å². The number of carbonyl (C=O) groups excluding carboxylic acids is 1. The van der Waals surface area contributed by atoms with Crippen LogP contribution in [-0.2, 0) is 9.84 Å². The van der Waals surface area contributed by atoms with Gasteiger partial charge < -0.3 is 4.90 Å².